The monoisotopic (exact) mass is 639 g/mol. The molecule has 2 aromatic heterocycles. The number of benzene rings is 4. The Morgan fingerprint density at radius 1 is 0.700 bits per heavy atom. The Kier molecular flexibility index (Phi) is 6.88. The standard InChI is InChI=1S/C45H29N5/c46-26-29-14-20-44-40(23-29)39-9-3-4-10-41(39)49(44)35-17-15-32(16-18-35)33-21-31(28-48)22-34(25-33)36-19-13-30(27-47)24-45(36)50-42-11-5-1-7-37(42)38-8-2-6-12-43(38)50/h1,3-4,7,9-10,13-22,24-25,29H,2,6,8,12,23H2. The molecule has 0 saturated heterocycles. The summed E-state index contributed by atoms with van der Waals surface area (Å²) in [6.07, 6.45) is 9.03. The SMILES string of the molecule is N#Cc1cc(-c2ccc(-n3c4c(c5ccccc53)CC(C#N)C=C4)cc2)cc(-c2ccc(C#N)cc2-n2c3c(c4ccc#cc42)CCCC3)c1. The number of allylic oxidation sites excluding steroid dienone is 1. The van der Waals surface area contributed by atoms with Crippen LogP contribution in [0.15, 0.2) is 103 Å². The Labute approximate surface area is 290 Å². The van der Waals surface area contributed by atoms with Crippen molar-refractivity contribution in [1.29, 1.82) is 15.8 Å². The van der Waals surface area contributed by atoms with Crippen LogP contribution in [-0.2, 0) is 19.3 Å². The molecule has 5 aromatic carbocycles. The Hall–Kier alpha value is -6.79. The van der Waals surface area contributed by atoms with E-state index in [-0.39, 0.29) is 5.92 Å². The molecule has 0 saturated carbocycles. The van der Waals surface area contributed by atoms with E-state index in [1.807, 2.05) is 42.5 Å². The molecule has 5 heteroatoms. The van der Waals surface area contributed by atoms with Crippen LogP contribution in [0.2, 0.25) is 0 Å². The number of nitriles is 3. The first-order valence-electron chi connectivity index (χ1n) is 17.0. The number of aromatic nitrogens is 2. The fourth-order valence-corrected chi connectivity index (χ4v) is 8.05. The van der Waals surface area contributed by atoms with Crippen molar-refractivity contribution in [3.8, 4) is 51.8 Å². The Morgan fingerprint density at radius 3 is 2.36 bits per heavy atom. The third kappa shape index (κ3) is 4.61. The van der Waals surface area contributed by atoms with Crippen LogP contribution in [0.5, 0.6) is 0 Å². The van der Waals surface area contributed by atoms with Crippen molar-refractivity contribution in [2.24, 2.45) is 5.92 Å². The van der Waals surface area contributed by atoms with Gasteiger partial charge in [0.15, 0.2) is 0 Å². The quantitative estimate of drug-likeness (QED) is 0.192. The van der Waals surface area contributed by atoms with Crippen molar-refractivity contribution in [2.75, 3.05) is 0 Å². The average Bonchev–Trinajstić information content (AvgIpc) is 3.70. The fraction of sp³-hybridized carbons (Fsp3) is 0.133. The summed E-state index contributed by atoms with van der Waals surface area (Å²) in [5.41, 5.74) is 13.9. The highest BCUT2D eigenvalue weighted by molar-refractivity contribution is 5.92. The number of rotatable bonds is 4. The van der Waals surface area contributed by atoms with E-state index in [2.05, 4.69) is 106 Å². The minimum Gasteiger partial charge on any atom is -0.310 e. The van der Waals surface area contributed by atoms with Gasteiger partial charge >= 0.3 is 0 Å². The maximum absolute atomic E-state index is 10.2. The van der Waals surface area contributed by atoms with Gasteiger partial charge in [0.1, 0.15) is 5.52 Å². The van der Waals surface area contributed by atoms with E-state index in [0.29, 0.717) is 17.5 Å². The van der Waals surface area contributed by atoms with E-state index in [9.17, 15) is 15.8 Å². The van der Waals surface area contributed by atoms with Gasteiger partial charge < -0.3 is 9.13 Å². The van der Waals surface area contributed by atoms with Gasteiger partial charge in [0, 0.05) is 33.4 Å². The van der Waals surface area contributed by atoms with Gasteiger partial charge in [-0.2, -0.15) is 15.8 Å². The zero-order chi connectivity index (χ0) is 33.8. The van der Waals surface area contributed by atoms with Crippen molar-refractivity contribution in [3.63, 3.8) is 0 Å². The molecule has 0 radical (unpaired) electrons. The maximum Gasteiger partial charge on any atom is 0.105 e. The Bertz CT molecular complexity index is 2660. The summed E-state index contributed by atoms with van der Waals surface area (Å²) in [4.78, 5) is 0. The number of aryl methyl sites for hydroxylation is 1. The lowest BCUT2D eigenvalue weighted by atomic mass is 9.93. The molecule has 234 valence electrons. The average molecular weight is 640 g/mol. The summed E-state index contributed by atoms with van der Waals surface area (Å²) in [5.74, 6) is -0.125. The van der Waals surface area contributed by atoms with Crippen LogP contribution in [0.4, 0.5) is 0 Å². The molecule has 5 nitrogen and oxygen atoms in total. The van der Waals surface area contributed by atoms with Crippen LogP contribution in [-0.4, -0.2) is 9.13 Å². The second kappa shape index (κ2) is 11.7. The predicted octanol–water partition coefficient (Wildman–Crippen LogP) is 9.84. The largest absolute Gasteiger partial charge is 0.310 e. The van der Waals surface area contributed by atoms with E-state index in [1.54, 1.807) is 0 Å². The minimum absolute atomic E-state index is 0.125. The molecule has 1 unspecified atom stereocenters. The molecule has 0 amide bonds. The summed E-state index contributed by atoms with van der Waals surface area (Å²) in [5, 5.41) is 32.1. The summed E-state index contributed by atoms with van der Waals surface area (Å²) < 4.78 is 4.55. The van der Waals surface area contributed by atoms with Gasteiger partial charge in [0.05, 0.1) is 46.5 Å². The number of hydrogen-bond donors (Lipinski definition) is 0. The molecule has 2 heterocycles. The van der Waals surface area contributed by atoms with Crippen molar-refractivity contribution in [3.05, 3.63) is 149 Å². The van der Waals surface area contributed by atoms with Gasteiger partial charge in [-0.25, -0.2) is 0 Å². The summed E-state index contributed by atoms with van der Waals surface area (Å²) in [6, 6.07) is 46.5. The minimum atomic E-state index is -0.125. The van der Waals surface area contributed by atoms with Crippen LogP contribution in [0, 0.1) is 52.0 Å². The first kappa shape index (κ1) is 29.4. The molecule has 1 atom stereocenters. The smallest absolute Gasteiger partial charge is 0.105 e. The van der Waals surface area contributed by atoms with Crippen molar-refractivity contribution in [1.82, 2.24) is 9.13 Å². The lowest BCUT2D eigenvalue weighted by Crippen LogP contribution is -2.08. The van der Waals surface area contributed by atoms with Gasteiger partial charge in [0.25, 0.3) is 0 Å². The molecule has 0 aliphatic heterocycles. The van der Waals surface area contributed by atoms with Crippen molar-refractivity contribution < 1.29 is 0 Å². The number of fused-ring (bicyclic) bond motifs is 6. The van der Waals surface area contributed by atoms with Crippen LogP contribution in [0.3, 0.4) is 0 Å². The summed E-state index contributed by atoms with van der Waals surface area (Å²) in [7, 11) is 0. The number of nitrogens with zero attached hydrogens (tertiary/aromatic N) is 5. The third-order valence-corrected chi connectivity index (χ3v) is 10.3. The first-order valence-corrected chi connectivity index (χ1v) is 17.0. The Balaban J connectivity index is 1.17. The second-order valence-electron chi connectivity index (χ2n) is 13.1. The normalized spacial score (nSPS) is 14.7. The molecular formula is C45H29N5. The molecule has 7 aromatic rings. The van der Waals surface area contributed by atoms with E-state index >= 15 is 0 Å². The van der Waals surface area contributed by atoms with Crippen LogP contribution in [0.1, 0.15) is 46.5 Å². The zero-order valence-corrected chi connectivity index (χ0v) is 27.2. The Morgan fingerprint density at radius 2 is 1.52 bits per heavy atom. The van der Waals surface area contributed by atoms with Crippen LogP contribution < -0.4 is 0 Å². The molecule has 2 aliphatic rings. The van der Waals surface area contributed by atoms with Crippen molar-refractivity contribution in [2.45, 2.75) is 32.1 Å². The molecule has 0 spiro atoms. The van der Waals surface area contributed by atoms with E-state index in [0.717, 1.165) is 76.0 Å². The maximum atomic E-state index is 10.2. The molecule has 0 N–H and O–H groups in total. The molecular weight excluding hydrogens is 611 g/mol. The molecule has 2 aliphatic carbocycles. The lowest BCUT2D eigenvalue weighted by Gasteiger charge is -2.19. The highest BCUT2D eigenvalue weighted by atomic mass is 15.0. The highest BCUT2D eigenvalue weighted by Crippen LogP contribution is 2.40. The lowest BCUT2D eigenvalue weighted by molar-refractivity contribution is 0.667. The third-order valence-electron chi connectivity index (χ3n) is 10.3. The molecule has 9 rings (SSSR count). The van der Waals surface area contributed by atoms with Gasteiger partial charge in [-0.3, -0.25) is 0 Å². The highest BCUT2D eigenvalue weighted by Gasteiger charge is 2.24. The number of hydrogen-bond acceptors (Lipinski definition) is 3. The van der Waals surface area contributed by atoms with E-state index < -0.39 is 0 Å². The first-order chi connectivity index (χ1) is 24.6. The molecule has 50 heavy (non-hydrogen) atoms. The fourth-order valence-electron chi connectivity index (χ4n) is 8.05. The summed E-state index contributed by atoms with van der Waals surface area (Å²) in [6.45, 7) is 0. The molecule has 0 fully saturated rings. The van der Waals surface area contributed by atoms with E-state index in [1.165, 1.54) is 27.6 Å². The van der Waals surface area contributed by atoms with Crippen LogP contribution in [0.25, 0.3) is 61.5 Å². The van der Waals surface area contributed by atoms with E-state index in [4.69, 9.17) is 0 Å². The summed E-state index contributed by atoms with van der Waals surface area (Å²) >= 11 is 0. The van der Waals surface area contributed by atoms with Gasteiger partial charge in [-0.05, 0) is 133 Å². The van der Waals surface area contributed by atoms with Gasteiger partial charge in [0.2, 0.25) is 0 Å². The van der Waals surface area contributed by atoms with Crippen LogP contribution >= 0.6 is 0 Å². The molecule has 0 bridgehead atoms. The van der Waals surface area contributed by atoms with Gasteiger partial charge in [-0.15, -0.1) is 0 Å². The number of para-hydroxylation sites is 1. The topological polar surface area (TPSA) is 81.2 Å². The van der Waals surface area contributed by atoms with Gasteiger partial charge in [-0.1, -0.05) is 48.5 Å². The predicted molar refractivity (Wildman–Crippen MR) is 197 cm³/mol. The second-order valence-corrected chi connectivity index (χ2v) is 13.1. The zero-order valence-electron chi connectivity index (χ0n) is 27.2. The van der Waals surface area contributed by atoms with Crippen molar-refractivity contribution >= 4 is 27.9 Å².